The molecule has 2 heterocycles. The third-order valence-electron chi connectivity index (χ3n) is 3.50. The van der Waals surface area contributed by atoms with Gasteiger partial charge < -0.3 is 5.32 Å². The van der Waals surface area contributed by atoms with Crippen LogP contribution in [-0.2, 0) is 0 Å². The van der Waals surface area contributed by atoms with Crippen LogP contribution in [0.1, 0.15) is 35.6 Å². The summed E-state index contributed by atoms with van der Waals surface area (Å²) in [6.45, 7) is 6.85. The monoisotopic (exact) mass is 238 g/mol. The first-order valence-electron chi connectivity index (χ1n) is 6.17. The zero-order valence-corrected chi connectivity index (χ0v) is 11.3. The van der Waals surface area contributed by atoms with E-state index in [2.05, 4.69) is 43.2 Å². The molecule has 0 radical (unpaired) electrons. The van der Waals surface area contributed by atoms with Gasteiger partial charge in [-0.15, -0.1) is 11.3 Å². The summed E-state index contributed by atoms with van der Waals surface area (Å²) < 4.78 is 0. The first-order valence-corrected chi connectivity index (χ1v) is 6.98. The van der Waals surface area contributed by atoms with Crippen LogP contribution in [0.3, 0.4) is 0 Å². The van der Waals surface area contributed by atoms with Crippen molar-refractivity contribution < 1.29 is 0 Å². The quantitative estimate of drug-likeness (QED) is 0.868. The normalized spacial score (nSPS) is 22.9. The lowest BCUT2D eigenvalue weighted by molar-refractivity contribution is 0.241. The van der Waals surface area contributed by atoms with Crippen LogP contribution in [0, 0.1) is 6.92 Å². The summed E-state index contributed by atoms with van der Waals surface area (Å²) >= 11 is 1.92. The van der Waals surface area contributed by atoms with E-state index in [9.17, 15) is 0 Å². The zero-order chi connectivity index (χ0) is 11.5. The molecule has 1 saturated heterocycles. The molecule has 1 fully saturated rings. The van der Waals surface area contributed by atoms with E-state index in [1.165, 1.54) is 29.1 Å². The Bertz CT molecular complexity index is 328. The highest BCUT2D eigenvalue weighted by Gasteiger charge is 2.20. The highest BCUT2D eigenvalue weighted by Crippen LogP contribution is 2.26. The van der Waals surface area contributed by atoms with Crippen molar-refractivity contribution in [1.29, 1.82) is 0 Å². The number of aryl methyl sites for hydroxylation is 1. The van der Waals surface area contributed by atoms with Gasteiger partial charge in [0.25, 0.3) is 0 Å². The zero-order valence-electron chi connectivity index (χ0n) is 10.5. The van der Waals surface area contributed by atoms with Crippen LogP contribution in [0.2, 0.25) is 0 Å². The molecule has 0 amide bonds. The molecule has 0 aromatic carbocycles. The van der Waals surface area contributed by atoms with Gasteiger partial charge in [0.1, 0.15) is 0 Å². The van der Waals surface area contributed by atoms with Crippen LogP contribution in [0.25, 0.3) is 0 Å². The van der Waals surface area contributed by atoms with Gasteiger partial charge in [-0.05, 0) is 52.4 Å². The van der Waals surface area contributed by atoms with Crippen molar-refractivity contribution in [2.75, 3.05) is 20.1 Å². The topological polar surface area (TPSA) is 15.3 Å². The Morgan fingerprint density at radius 2 is 2.38 bits per heavy atom. The van der Waals surface area contributed by atoms with Gasteiger partial charge in [-0.25, -0.2) is 0 Å². The van der Waals surface area contributed by atoms with Crippen LogP contribution < -0.4 is 5.32 Å². The molecule has 2 unspecified atom stereocenters. The van der Waals surface area contributed by atoms with Crippen LogP contribution in [0.5, 0.6) is 0 Å². The standard InChI is InChI=1S/C13H22N2S/c1-10-6-7-13(16-10)11(2)15(3)9-12-5-4-8-14-12/h6-7,11-12,14H,4-5,8-9H2,1-3H3. The largest absolute Gasteiger partial charge is 0.313 e. The highest BCUT2D eigenvalue weighted by molar-refractivity contribution is 7.12. The molecular formula is C13H22N2S. The maximum Gasteiger partial charge on any atom is 0.0411 e. The van der Waals surface area contributed by atoms with Gasteiger partial charge in [-0.1, -0.05) is 0 Å². The number of likely N-dealkylation sites (N-methyl/N-ethyl adjacent to an activating group) is 1. The van der Waals surface area contributed by atoms with E-state index in [-0.39, 0.29) is 0 Å². The molecule has 0 saturated carbocycles. The van der Waals surface area contributed by atoms with E-state index in [0.717, 1.165) is 6.54 Å². The summed E-state index contributed by atoms with van der Waals surface area (Å²) in [6, 6.07) is 5.73. The molecule has 0 bridgehead atoms. The Balaban J connectivity index is 1.90. The van der Waals surface area contributed by atoms with Gasteiger partial charge in [0.2, 0.25) is 0 Å². The molecule has 1 aromatic rings. The number of thiophene rings is 1. The third-order valence-corrected chi connectivity index (χ3v) is 4.68. The third kappa shape index (κ3) is 2.84. The summed E-state index contributed by atoms with van der Waals surface area (Å²) in [7, 11) is 2.24. The lowest BCUT2D eigenvalue weighted by atomic mass is 10.2. The highest BCUT2D eigenvalue weighted by atomic mass is 32.1. The van der Waals surface area contributed by atoms with Gasteiger partial charge in [-0.2, -0.15) is 0 Å². The molecule has 16 heavy (non-hydrogen) atoms. The van der Waals surface area contributed by atoms with Gasteiger partial charge in [-0.3, -0.25) is 4.90 Å². The molecule has 90 valence electrons. The maximum atomic E-state index is 3.56. The van der Waals surface area contributed by atoms with E-state index in [4.69, 9.17) is 0 Å². The van der Waals surface area contributed by atoms with Crippen molar-refractivity contribution in [3.63, 3.8) is 0 Å². The SMILES string of the molecule is Cc1ccc(C(C)N(C)CC2CCCN2)s1. The fourth-order valence-corrected chi connectivity index (χ4v) is 3.31. The van der Waals surface area contributed by atoms with Crippen LogP contribution >= 0.6 is 11.3 Å². The number of hydrogen-bond acceptors (Lipinski definition) is 3. The first-order chi connectivity index (χ1) is 7.66. The van der Waals surface area contributed by atoms with Crippen LogP contribution in [0.4, 0.5) is 0 Å². The van der Waals surface area contributed by atoms with Gasteiger partial charge in [0.05, 0.1) is 0 Å². The fourth-order valence-electron chi connectivity index (χ4n) is 2.31. The minimum Gasteiger partial charge on any atom is -0.313 e. The minimum absolute atomic E-state index is 0.543. The Kier molecular flexibility index (Phi) is 4.00. The Hall–Kier alpha value is -0.380. The second kappa shape index (κ2) is 5.30. The van der Waals surface area contributed by atoms with E-state index in [1.54, 1.807) is 0 Å². The smallest absolute Gasteiger partial charge is 0.0411 e. The predicted molar refractivity (Wildman–Crippen MR) is 71.1 cm³/mol. The van der Waals surface area contributed by atoms with Gasteiger partial charge in [0.15, 0.2) is 0 Å². The van der Waals surface area contributed by atoms with E-state index < -0.39 is 0 Å². The summed E-state index contributed by atoms with van der Waals surface area (Å²) in [5.41, 5.74) is 0. The average molecular weight is 238 g/mol. The van der Waals surface area contributed by atoms with Crippen LogP contribution in [-0.4, -0.2) is 31.1 Å². The summed E-state index contributed by atoms with van der Waals surface area (Å²) in [5.74, 6) is 0. The molecular weight excluding hydrogens is 216 g/mol. The number of hydrogen-bond donors (Lipinski definition) is 1. The first kappa shape index (κ1) is 12.1. The van der Waals surface area contributed by atoms with E-state index in [0.29, 0.717) is 12.1 Å². The number of rotatable bonds is 4. The molecule has 2 rings (SSSR count). The molecule has 2 atom stereocenters. The van der Waals surface area contributed by atoms with Crippen molar-refractivity contribution in [1.82, 2.24) is 10.2 Å². The Morgan fingerprint density at radius 1 is 1.56 bits per heavy atom. The Morgan fingerprint density at radius 3 is 2.94 bits per heavy atom. The predicted octanol–water partition coefficient (Wildman–Crippen LogP) is 2.80. The summed E-state index contributed by atoms with van der Waals surface area (Å²) in [4.78, 5) is 5.36. The average Bonchev–Trinajstić information content (AvgIpc) is 2.88. The van der Waals surface area contributed by atoms with Crippen LogP contribution in [0.15, 0.2) is 12.1 Å². The molecule has 2 nitrogen and oxygen atoms in total. The summed E-state index contributed by atoms with van der Waals surface area (Å²) in [6.07, 6.45) is 2.67. The molecule has 1 aliphatic heterocycles. The molecule has 3 heteroatoms. The second-order valence-electron chi connectivity index (χ2n) is 4.86. The lowest BCUT2D eigenvalue weighted by Gasteiger charge is -2.26. The Labute approximate surface area is 103 Å². The van der Waals surface area contributed by atoms with Crippen molar-refractivity contribution >= 4 is 11.3 Å². The number of nitrogens with one attached hydrogen (secondary N) is 1. The van der Waals surface area contributed by atoms with Crippen molar-refractivity contribution in [3.8, 4) is 0 Å². The summed E-state index contributed by atoms with van der Waals surface area (Å²) in [5, 5.41) is 3.56. The lowest BCUT2D eigenvalue weighted by Crippen LogP contribution is -2.36. The van der Waals surface area contributed by atoms with Crippen molar-refractivity contribution in [2.24, 2.45) is 0 Å². The van der Waals surface area contributed by atoms with Crippen molar-refractivity contribution in [2.45, 2.75) is 38.8 Å². The molecule has 1 aliphatic rings. The van der Waals surface area contributed by atoms with E-state index in [1.807, 2.05) is 11.3 Å². The minimum atomic E-state index is 0.543. The molecule has 1 N–H and O–H groups in total. The maximum absolute atomic E-state index is 3.56. The van der Waals surface area contributed by atoms with E-state index >= 15 is 0 Å². The second-order valence-corrected chi connectivity index (χ2v) is 6.18. The van der Waals surface area contributed by atoms with Crippen molar-refractivity contribution in [3.05, 3.63) is 21.9 Å². The number of nitrogens with zero attached hydrogens (tertiary/aromatic N) is 1. The fraction of sp³-hybridized carbons (Fsp3) is 0.692. The van der Waals surface area contributed by atoms with Gasteiger partial charge >= 0.3 is 0 Å². The molecule has 0 aliphatic carbocycles. The molecule has 0 spiro atoms. The van der Waals surface area contributed by atoms with Gasteiger partial charge in [0, 0.05) is 28.4 Å². The molecule has 1 aromatic heterocycles.